The minimum atomic E-state index is -1.17. The van der Waals surface area contributed by atoms with Gasteiger partial charge < -0.3 is 10.8 Å². The third kappa shape index (κ3) is 3.40. The molecule has 112 valence electrons. The van der Waals surface area contributed by atoms with E-state index in [2.05, 4.69) is 0 Å². The van der Waals surface area contributed by atoms with E-state index >= 15 is 0 Å². The second kappa shape index (κ2) is 6.52. The number of halogens is 3. The number of hydrogen-bond acceptors (Lipinski definition) is 2. The fourth-order valence-corrected chi connectivity index (χ4v) is 2.51. The number of benzene rings is 2. The quantitative estimate of drug-likeness (QED) is 0.904. The molecule has 0 fully saturated rings. The molecular weight excluding hydrogens is 296 g/mol. The molecule has 0 aliphatic heterocycles. The van der Waals surface area contributed by atoms with Crippen LogP contribution in [0.15, 0.2) is 36.4 Å². The number of aliphatic hydroxyl groups is 1. The van der Waals surface area contributed by atoms with Crippen LogP contribution < -0.4 is 5.73 Å². The van der Waals surface area contributed by atoms with Crippen LogP contribution in [0.5, 0.6) is 0 Å². The van der Waals surface area contributed by atoms with Crippen LogP contribution in [0.25, 0.3) is 0 Å². The zero-order chi connectivity index (χ0) is 15.6. The van der Waals surface area contributed by atoms with E-state index in [-0.39, 0.29) is 17.7 Å². The number of aryl methyl sites for hydroxylation is 1. The van der Waals surface area contributed by atoms with Crippen molar-refractivity contribution in [3.8, 4) is 0 Å². The molecule has 2 atom stereocenters. The Bertz CT molecular complexity index is 648. The van der Waals surface area contributed by atoms with Gasteiger partial charge in [-0.05, 0) is 36.2 Å². The van der Waals surface area contributed by atoms with Crippen molar-refractivity contribution in [2.45, 2.75) is 18.9 Å². The molecule has 2 aromatic rings. The average Bonchev–Trinajstić information content (AvgIpc) is 2.43. The molecule has 0 aliphatic carbocycles. The molecule has 0 aliphatic rings. The average molecular weight is 312 g/mol. The Morgan fingerprint density at radius 2 is 1.90 bits per heavy atom. The smallest absolute Gasteiger partial charge is 0.131 e. The second-order valence-electron chi connectivity index (χ2n) is 4.96. The molecule has 2 nitrogen and oxygen atoms in total. The van der Waals surface area contributed by atoms with Crippen LogP contribution in [0.4, 0.5) is 8.78 Å². The maximum Gasteiger partial charge on any atom is 0.131 e. The maximum atomic E-state index is 13.9. The summed E-state index contributed by atoms with van der Waals surface area (Å²) in [6.45, 7) is 1.62. The lowest BCUT2D eigenvalue weighted by Crippen LogP contribution is -2.21. The predicted octanol–water partition coefficient (Wildman–Crippen LogP) is 3.70. The molecule has 0 amide bonds. The zero-order valence-corrected chi connectivity index (χ0v) is 12.2. The van der Waals surface area contributed by atoms with Gasteiger partial charge in [-0.15, -0.1) is 0 Å². The first-order valence-corrected chi connectivity index (χ1v) is 6.91. The van der Waals surface area contributed by atoms with Gasteiger partial charge in [-0.3, -0.25) is 0 Å². The van der Waals surface area contributed by atoms with Crippen LogP contribution in [0, 0.1) is 18.6 Å². The molecule has 0 heterocycles. The van der Waals surface area contributed by atoms with Crippen molar-refractivity contribution in [3.63, 3.8) is 0 Å². The van der Waals surface area contributed by atoms with Gasteiger partial charge in [0.1, 0.15) is 11.6 Å². The molecule has 21 heavy (non-hydrogen) atoms. The van der Waals surface area contributed by atoms with Gasteiger partial charge >= 0.3 is 0 Å². The van der Waals surface area contributed by atoms with Gasteiger partial charge in [0.2, 0.25) is 0 Å². The van der Waals surface area contributed by atoms with E-state index in [0.717, 1.165) is 6.07 Å². The number of hydrogen-bond donors (Lipinski definition) is 2. The number of nitrogens with two attached hydrogens (primary N) is 1. The topological polar surface area (TPSA) is 46.2 Å². The summed E-state index contributed by atoms with van der Waals surface area (Å²) in [4.78, 5) is 0. The fourth-order valence-electron chi connectivity index (χ4n) is 2.31. The van der Waals surface area contributed by atoms with Crippen LogP contribution in [-0.4, -0.2) is 11.7 Å². The van der Waals surface area contributed by atoms with Crippen LogP contribution in [0.1, 0.15) is 28.7 Å². The highest BCUT2D eigenvalue weighted by Gasteiger charge is 2.25. The van der Waals surface area contributed by atoms with Crippen LogP contribution >= 0.6 is 11.6 Å². The summed E-state index contributed by atoms with van der Waals surface area (Å²) >= 11 is 5.93. The van der Waals surface area contributed by atoms with Crippen molar-refractivity contribution in [1.29, 1.82) is 0 Å². The first-order valence-electron chi connectivity index (χ1n) is 6.53. The van der Waals surface area contributed by atoms with Crippen molar-refractivity contribution >= 4 is 11.6 Å². The molecule has 0 radical (unpaired) electrons. The third-order valence-corrected chi connectivity index (χ3v) is 3.74. The van der Waals surface area contributed by atoms with Gasteiger partial charge in [0.15, 0.2) is 0 Å². The second-order valence-corrected chi connectivity index (χ2v) is 5.40. The number of aliphatic hydroxyl groups excluding tert-OH is 1. The molecule has 3 N–H and O–H groups in total. The van der Waals surface area contributed by atoms with E-state index in [4.69, 9.17) is 17.3 Å². The maximum absolute atomic E-state index is 13.9. The number of rotatable bonds is 4. The summed E-state index contributed by atoms with van der Waals surface area (Å²) < 4.78 is 27.2. The summed E-state index contributed by atoms with van der Waals surface area (Å²) in [6, 6.07) is 8.96. The zero-order valence-electron chi connectivity index (χ0n) is 11.5. The lowest BCUT2D eigenvalue weighted by Gasteiger charge is -2.23. The fraction of sp³-hybridized carbons (Fsp3) is 0.250. The van der Waals surface area contributed by atoms with Gasteiger partial charge in [-0.1, -0.05) is 23.7 Å². The summed E-state index contributed by atoms with van der Waals surface area (Å²) in [5, 5.41) is 10.9. The van der Waals surface area contributed by atoms with E-state index in [9.17, 15) is 13.9 Å². The molecule has 0 aromatic heterocycles. The molecule has 2 aromatic carbocycles. The van der Waals surface area contributed by atoms with Crippen molar-refractivity contribution < 1.29 is 13.9 Å². The Kier molecular flexibility index (Phi) is 4.93. The molecule has 0 saturated heterocycles. The summed E-state index contributed by atoms with van der Waals surface area (Å²) in [5.74, 6) is -1.95. The SMILES string of the molecule is Cc1cc(C(O)C(CN)c2cccc(Cl)c2)c(F)cc1F. The van der Waals surface area contributed by atoms with Gasteiger partial charge in [-0.25, -0.2) is 8.78 Å². The standard InChI is InChI=1S/C16H16ClF2NO/c1-9-5-12(15(19)7-14(9)18)16(21)13(8-20)10-3-2-4-11(17)6-10/h2-7,13,16,21H,8,20H2,1H3. The van der Waals surface area contributed by atoms with Gasteiger partial charge in [0, 0.05) is 29.1 Å². The Labute approximate surface area is 127 Å². The molecular formula is C16H16ClF2NO. The first kappa shape index (κ1) is 15.9. The summed E-state index contributed by atoms with van der Waals surface area (Å²) in [6.07, 6.45) is -1.17. The minimum Gasteiger partial charge on any atom is -0.388 e. The van der Waals surface area contributed by atoms with Crippen molar-refractivity contribution in [2.24, 2.45) is 5.73 Å². The lowest BCUT2D eigenvalue weighted by molar-refractivity contribution is 0.143. The normalized spacial score (nSPS) is 14.0. The Hall–Kier alpha value is -1.49. The van der Waals surface area contributed by atoms with Crippen LogP contribution in [0.3, 0.4) is 0 Å². The van der Waals surface area contributed by atoms with E-state index in [1.807, 2.05) is 0 Å². The van der Waals surface area contributed by atoms with E-state index in [0.29, 0.717) is 10.6 Å². The summed E-state index contributed by atoms with van der Waals surface area (Å²) in [7, 11) is 0. The molecule has 2 unspecified atom stereocenters. The molecule has 0 bridgehead atoms. The largest absolute Gasteiger partial charge is 0.388 e. The van der Waals surface area contributed by atoms with Crippen molar-refractivity contribution in [3.05, 3.63) is 69.7 Å². The highest BCUT2D eigenvalue weighted by Crippen LogP contribution is 2.33. The van der Waals surface area contributed by atoms with Gasteiger partial charge in [-0.2, -0.15) is 0 Å². The van der Waals surface area contributed by atoms with Gasteiger partial charge in [0.25, 0.3) is 0 Å². The molecule has 2 rings (SSSR count). The van der Waals surface area contributed by atoms with Crippen molar-refractivity contribution in [2.75, 3.05) is 6.54 Å². The van der Waals surface area contributed by atoms with E-state index < -0.39 is 23.7 Å². The Balaban J connectivity index is 2.41. The first-order chi connectivity index (χ1) is 9.93. The van der Waals surface area contributed by atoms with Gasteiger partial charge in [0.05, 0.1) is 6.10 Å². The summed E-state index contributed by atoms with van der Waals surface area (Å²) in [5.41, 5.74) is 6.72. The van der Waals surface area contributed by atoms with E-state index in [1.165, 1.54) is 13.0 Å². The molecule has 0 spiro atoms. The van der Waals surface area contributed by atoms with Crippen molar-refractivity contribution in [1.82, 2.24) is 0 Å². The highest BCUT2D eigenvalue weighted by molar-refractivity contribution is 6.30. The third-order valence-electron chi connectivity index (χ3n) is 3.51. The minimum absolute atomic E-state index is 0.0318. The lowest BCUT2D eigenvalue weighted by atomic mass is 9.88. The predicted molar refractivity (Wildman–Crippen MR) is 79.3 cm³/mol. The Morgan fingerprint density at radius 3 is 2.52 bits per heavy atom. The molecule has 5 heteroatoms. The Morgan fingerprint density at radius 1 is 1.19 bits per heavy atom. The highest BCUT2D eigenvalue weighted by atomic mass is 35.5. The van der Waals surface area contributed by atoms with Crippen LogP contribution in [-0.2, 0) is 0 Å². The van der Waals surface area contributed by atoms with E-state index in [1.54, 1.807) is 24.3 Å². The monoisotopic (exact) mass is 311 g/mol. The molecule has 0 saturated carbocycles. The van der Waals surface area contributed by atoms with Crippen LogP contribution in [0.2, 0.25) is 5.02 Å².